The number of nitrogens with zero attached hydrogens (tertiary/aromatic N) is 1. The fraction of sp³-hybridized carbons (Fsp3) is 0.448. The highest BCUT2D eigenvalue weighted by Gasteiger charge is 2.44. The Bertz CT molecular complexity index is 1200. The number of nitrogens with one attached hydrogen (secondary N) is 2. The molecular formula is C29H40N4O6. The molecule has 2 aromatic carbocycles. The molecule has 39 heavy (non-hydrogen) atoms. The van der Waals surface area contributed by atoms with Gasteiger partial charge in [0.2, 0.25) is 11.8 Å². The van der Waals surface area contributed by atoms with Gasteiger partial charge in [0.25, 0.3) is 5.91 Å². The monoisotopic (exact) mass is 540 g/mol. The minimum atomic E-state index is -1.43. The molecule has 0 heterocycles. The van der Waals surface area contributed by atoms with E-state index in [2.05, 4.69) is 10.6 Å². The van der Waals surface area contributed by atoms with Gasteiger partial charge < -0.3 is 31.1 Å². The lowest BCUT2D eigenvalue weighted by Gasteiger charge is -2.44. The molecule has 0 saturated carbocycles. The van der Waals surface area contributed by atoms with Gasteiger partial charge in [0.15, 0.2) is 0 Å². The Morgan fingerprint density at radius 2 is 1.59 bits per heavy atom. The lowest BCUT2D eigenvalue weighted by molar-refractivity contribution is -0.148. The molecule has 10 heteroatoms. The molecule has 0 aromatic heterocycles. The summed E-state index contributed by atoms with van der Waals surface area (Å²) in [5.41, 5.74) is 5.11. The summed E-state index contributed by atoms with van der Waals surface area (Å²) in [6, 6.07) is 10.6. The van der Waals surface area contributed by atoms with Crippen LogP contribution in [-0.2, 0) is 19.1 Å². The predicted molar refractivity (Wildman–Crippen MR) is 149 cm³/mol. The highest BCUT2D eigenvalue weighted by molar-refractivity contribution is 6.00. The number of amides is 4. The third kappa shape index (κ3) is 8.46. The molecule has 2 unspecified atom stereocenters. The lowest BCUT2D eigenvalue weighted by Crippen LogP contribution is -2.59. The Morgan fingerprint density at radius 3 is 2.13 bits per heavy atom. The number of phenols is 1. The molecule has 2 atom stereocenters. The van der Waals surface area contributed by atoms with Gasteiger partial charge in [-0.15, -0.1) is 0 Å². The van der Waals surface area contributed by atoms with Crippen LogP contribution in [0.3, 0.4) is 0 Å². The van der Waals surface area contributed by atoms with Gasteiger partial charge in [-0.1, -0.05) is 43.3 Å². The summed E-state index contributed by atoms with van der Waals surface area (Å²) in [6.07, 6.45) is -1.04. The van der Waals surface area contributed by atoms with Gasteiger partial charge in [0.05, 0.1) is 6.42 Å². The van der Waals surface area contributed by atoms with Gasteiger partial charge in [0.1, 0.15) is 23.4 Å². The van der Waals surface area contributed by atoms with Crippen LogP contribution in [0.4, 0.5) is 10.5 Å². The zero-order valence-electron chi connectivity index (χ0n) is 23.7. The maximum atomic E-state index is 14.2. The molecule has 0 saturated heterocycles. The first kappa shape index (κ1) is 31.1. The van der Waals surface area contributed by atoms with Crippen LogP contribution < -0.4 is 16.4 Å². The van der Waals surface area contributed by atoms with E-state index in [1.54, 1.807) is 65.0 Å². The molecular weight excluding hydrogens is 500 g/mol. The molecule has 2 rings (SSSR count). The first-order valence-electron chi connectivity index (χ1n) is 12.8. The third-order valence-electron chi connectivity index (χ3n) is 6.29. The smallest absolute Gasteiger partial charge is 0.408 e. The number of rotatable bonds is 10. The largest absolute Gasteiger partial charge is 0.508 e. The van der Waals surface area contributed by atoms with E-state index in [1.165, 1.54) is 11.0 Å². The van der Waals surface area contributed by atoms with Gasteiger partial charge in [-0.2, -0.15) is 0 Å². The van der Waals surface area contributed by atoms with Gasteiger partial charge in [0, 0.05) is 16.8 Å². The fourth-order valence-electron chi connectivity index (χ4n) is 3.99. The van der Waals surface area contributed by atoms with Gasteiger partial charge in [-0.05, 0) is 65.7 Å². The molecule has 2 aromatic rings. The summed E-state index contributed by atoms with van der Waals surface area (Å²) in [5, 5.41) is 16.1. The fourth-order valence-corrected chi connectivity index (χ4v) is 3.99. The molecule has 0 fully saturated rings. The number of hydrogen-bond acceptors (Lipinski definition) is 6. The average Bonchev–Trinajstić information content (AvgIpc) is 2.82. The number of aryl methyl sites for hydroxylation is 1. The van der Waals surface area contributed by atoms with Crippen LogP contribution in [0.15, 0.2) is 48.5 Å². The van der Waals surface area contributed by atoms with E-state index in [0.717, 1.165) is 5.56 Å². The second-order valence-electron chi connectivity index (χ2n) is 11.0. The van der Waals surface area contributed by atoms with Crippen LogP contribution in [0.5, 0.6) is 5.75 Å². The number of benzene rings is 2. The summed E-state index contributed by atoms with van der Waals surface area (Å²) < 4.78 is 5.30. The molecule has 0 aliphatic carbocycles. The van der Waals surface area contributed by atoms with Crippen molar-refractivity contribution in [1.29, 1.82) is 0 Å². The zero-order chi connectivity index (χ0) is 29.5. The van der Waals surface area contributed by atoms with Gasteiger partial charge in [-0.3, -0.25) is 14.4 Å². The summed E-state index contributed by atoms with van der Waals surface area (Å²) in [5.74, 6) is -2.35. The molecule has 5 N–H and O–H groups in total. The number of nitrogens with two attached hydrogens (primary N) is 1. The standard InChI is InChI=1S/C29H40N4O6/c1-8-29(6,7)33(26(37)21(17-23(30)35)32-27(38)39-28(3,4)5)24(19-14-10-12-16-22(19)34)25(36)31-20-15-11-9-13-18(20)2/h9-16,21,24,34H,8,17H2,1-7H3,(H2,30,35)(H,31,36)(H,32,38). The Hall–Kier alpha value is -4.08. The number of carbonyl (C=O) groups is 4. The number of ether oxygens (including phenoxy) is 1. The van der Waals surface area contributed by atoms with Crippen LogP contribution >= 0.6 is 0 Å². The van der Waals surface area contributed by atoms with Crippen LogP contribution in [-0.4, -0.2) is 51.0 Å². The van der Waals surface area contributed by atoms with E-state index in [-0.39, 0.29) is 11.3 Å². The van der Waals surface area contributed by atoms with Crippen LogP contribution in [0.2, 0.25) is 0 Å². The second-order valence-corrected chi connectivity index (χ2v) is 11.0. The molecule has 10 nitrogen and oxygen atoms in total. The number of para-hydroxylation sites is 2. The van der Waals surface area contributed by atoms with Crippen molar-refractivity contribution < 1.29 is 29.0 Å². The lowest BCUT2D eigenvalue weighted by atomic mass is 9.91. The highest BCUT2D eigenvalue weighted by Crippen LogP contribution is 2.36. The van der Waals surface area contributed by atoms with Crippen molar-refractivity contribution >= 4 is 29.5 Å². The van der Waals surface area contributed by atoms with Crippen molar-refractivity contribution in [3.05, 3.63) is 59.7 Å². The van der Waals surface area contributed by atoms with Crippen molar-refractivity contribution in [2.75, 3.05) is 5.32 Å². The molecule has 4 amide bonds. The van der Waals surface area contributed by atoms with Crippen LogP contribution in [0.25, 0.3) is 0 Å². The minimum absolute atomic E-state index is 0.175. The van der Waals surface area contributed by atoms with Crippen molar-refractivity contribution in [2.45, 2.75) is 84.5 Å². The van der Waals surface area contributed by atoms with Crippen molar-refractivity contribution in [3.63, 3.8) is 0 Å². The third-order valence-corrected chi connectivity index (χ3v) is 6.29. The Labute approximate surface area is 229 Å². The van der Waals surface area contributed by atoms with E-state index < -0.39 is 53.5 Å². The quantitative estimate of drug-likeness (QED) is 0.355. The van der Waals surface area contributed by atoms with Crippen molar-refractivity contribution in [2.24, 2.45) is 5.73 Å². The number of alkyl carbamates (subject to hydrolysis) is 1. The number of carbonyl (C=O) groups excluding carboxylic acids is 4. The summed E-state index contributed by atoms with van der Waals surface area (Å²) in [6.45, 7) is 12.2. The van der Waals surface area contributed by atoms with Crippen LogP contribution in [0, 0.1) is 6.92 Å². The first-order chi connectivity index (χ1) is 18.1. The SMILES string of the molecule is CCC(C)(C)N(C(=O)C(CC(N)=O)NC(=O)OC(C)(C)C)C(C(=O)Nc1ccccc1C)c1ccccc1O. The summed E-state index contributed by atoms with van der Waals surface area (Å²) >= 11 is 0. The number of phenolic OH excluding ortho intramolecular Hbond substituents is 1. The van der Waals surface area contributed by atoms with E-state index in [9.17, 15) is 24.3 Å². The average molecular weight is 541 g/mol. The molecule has 0 spiro atoms. The Kier molecular flexibility index (Phi) is 10.1. The number of hydrogen-bond donors (Lipinski definition) is 4. The van der Waals surface area contributed by atoms with Crippen LogP contribution in [0.1, 0.15) is 71.6 Å². The molecule has 0 radical (unpaired) electrons. The number of anilines is 1. The highest BCUT2D eigenvalue weighted by atomic mass is 16.6. The topological polar surface area (TPSA) is 151 Å². The molecule has 0 aliphatic heterocycles. The van der Waals surface area contributed by atoms with Crippen molar-refractivity contribution in [3.8, 4) is 5.75 Å². The Balaban J connectivity index is 2.67. The number of aromatic hydroxyl groups is 1. The maximum Gasteiger partial charge on any atom is 0.408 e. The first-order valence-corrected chi connectivity index (χ1v) is 12.8. The number of primary amides is 1. The van der Waals surface area contributed by atoms with E-state index in [4.69, 9.17) is 10.5 Å². The zero-order valence-corrected chi connectivity index (χ0v) is 23.7. The molecule has 0 aliphatic rings. The van der Waals surface area contributed by atoms with Crippen molar-refractivity contribution in [1.82, 2.24) is 10.2 Å². The minimum Gasteiger partial charge on any atom is -0.508 e. The maximum absolute atomic E-state index is 14.2. The molecule has 0 bridgehead atoms. The second kappa shape index (κ2) is 12.6. The summed E-state index contributed by atoms with van der Waals surface area (Å²) in [7, 11) is 0. The summed E-state index contributed by atoms with van der Waals surface area (Å²) in [4.78, 5) is 54.1. The Morgan fingerprint density at radius 1 is 1.00 bits per heavy atom. The normalized spacial score (nSPS) is 13.1. The predicted octanol–water partition coefficient (Wildman–Crippen LogP) is 4.17. The van der Waals surface area contributed by atoms with E-state index in [1.807, 2.05) is 26.0 Å². The molecule has 212 valence electrons. The van der Waals surface area contributed by atoms with E-state index in [0.29, 0.717) is 12.1 Å². The van der Waals surface area contributed by atoms with E-state index >= 15 is 0 Å². The van der Waals surface area contributed by atoms with Gasteiger partial charge >= 0.3 is 6.09 Å². The van der Waals surface area contributed by atoms with Gasteiger partial charge in [-0.25, -0.2) is 4.79 Å².